The average Bonchev–Trinajstić information content (AvgIpc) is 2.94. The molecule has 0 aliphatic carbocycles. The fourth-order valence-corrected chi connectivity index (χ4v) is 3.24. The summed E-state index contributed by atoms with van der Waals surface area (Å²) in [5.41, 5.74) is 2.00. The van der Waals surface area contributed by atoms with Crippen LogP contribution in [0.3, 0.4) is 0 Å². The summed E-state index contributed by atoms with van der Waals surface area (Å²) in [5.74, 6) is 0.521. The van der Waals surface area contributed by atoms with Crippen molar-refractivity contribution >= 4 is 34.0 Å². The quantitative estimate of drug-likeness (QED) is 0.606. The lowest BCUT2D eigenvalue weighted by molar-refractivity contribution is 0.102. The Hall–Kier alpha value is -1.40. The normalized spacial score (nSPS) is 10.6. The molecule has 0 N–H and O–H groups in total. The van der Waals surface area contributed by atoms with Crippen molar-refractivity contribution < 1.29 is 4.79 Å². The lowest BCUT2D eigenvalue weighted by Crippen LogP contribution is -2.07. The van der Waals surface area contributed by atoms with Crippen molar-refractivity contribution in [1.82, 2.24) is 10.2 Å². The highest BCUT2D eigenvalue weighted by molar-refractivity contribution is 8.01. The van der Waals surface area contributed by atoms with Crippen LogP contribution in [0.4, 0.5) is 5.13 Å². The lowest BCUT2D eigenvalue weighted by Gasteiger charge is -2.03. The first-order valence-corrected chi connectivity index (χ1v) is 8.16. The Morgan fingerprint density at radius 3 is 2.50 bits per heavy atom. The third kappa shape index (κ3) is 3.80. The van der Waals surface area contributed by atoms with Crippen LogP contribution in [-0.4, -0.2) is 35.8 Å². The highest BCUT2D eigenvalue weighted by Crippen LogP contribution is 2.27. The second kappa shape index (κ2) is 6.85. The molecule has 0 atom stereocenters. The zero-order chi connectivity index (χ0) is 14.5. The van der Waals surface area contributed by atoms with Crippen LogP contribution in [0.25, 0.3) is 0 Å². The van der Waals surface area contributed by atoms with Gasteiger partial charge in [-0.25, -0.2) is 0 Å². The van der Waals surface area contributed by atoms with Crippen molar-refractivity contribution in [3.05, 3.63) is 35.4 Å². The number of Topliss-reactive ketones (excluding diaryl/α,β-unsaturated/α-hetero) is 1. The zero-order valence-electron chi connectivity index (χ0n) is 11.8. The van der Waals surface area contributed by atoms with E-state index < -0.39 is 0 Å². The Bertz CT molecular complexity index is 578. The van der Waals surface area contributed by atoms with E-state index in [0.717, 1.165) is 21.5 Å². The summed E-state index contributed by atoms with van der Waals surface area (Å²) in [7, 11) is 3.85. The van der Waals surface area contributed by atoms with Crippen molar-refractivity contribution in [2.45, 2.75) is 17.7 Å². The molecule has 0 fully saturated rings. The second-order valence-corrected chi connectivity index (χ2v) is 6.69. The van der Waals surface area contributed by atoms with E-state index in [2.05, 4.69) is 17.1 Å². The van der Waals surface area contributed by atoms with Gasteiger partial charge in [-0.05, 0) is 12.0 Å². The molecule has 1 heterocycles. The van der Waals surface area contributed by atoms with E-state index >= 15 is 0 Å². The summed E-state index contributed by atoms with van der Waals surface area (Å²) >= 11 is 2.94. The Morgan fingerprint density at radius 2 is 1.95 bits per heavy atom. The molecule has 1 aromatic heterocycles. The second-order valence-electron chi connectivity index (χ2n) is 4.51. The number of hydrogen-bond donors (Lipinski definition) is 0. The molecule has 4 nitrogen and oxygen atoms in total. The van der Waals surface area contributed by atoms with E-state index in [-0.39, 0.29) is 5.78 Å². The highest BCUT2D eigenvalue weighted by atomic mass is 32.2. The molecule has 2 rings (SSSR count). The van der Waals surface area contributed by atoms with E-state index in [9.17, 15) is 4.79 Å². The van der Waals surface area contributed by atoms with Gasteiger partial charge in [-0.1, -0.05) is 54.3 Å². The summed E-state index contributed by atoms with van der Waals surface area (Å²) in [5, 5.41) is 8.97. The van der Waals surface area contributed by atoms with Gasteiger partial charge in [0.25, 0.3) is 0 Å². The first kappa shape index (κ1) is 15.0. The molecule has 0 aliphatic rings. The number of aryl methyl sites for hydroxylation is 1. The van der Waals surface area contributed by atoms with Crippen LogP contribution in [0, 0.1) is 0 Å². The molecule has 1 aromatic carbocycles. The summed E-state index contributed by atoms with van der Waals surface area (Å²) < 4.78 is 0.826. The molecule has 0 radical (unpaired) electrons. The molecular formula is C14H17N3OS2. The number of nitrogens with zero attached hydrogens (tertiary/aromatic N) is 3. The smallest absolute Gasteiger partial charge is 0.208 e. The van der Waals surface area contributed by atoms with Crippen LogP contribution in [-0.2, 0) is 6.42 Å². The standard InChI is InChI=1S/C14H17N3OS2/c1-4-10-5-7-11(8-6-10)12(18)9-19-14-16-15-13(20-14)17(2)3/h5-8H,4,9H2,1-3H3. The summed E-state index contributed by atoms with van der Waals surface area (Å²) in [6.07, 6.45) is 0.987. The number of hydrogen-bond acceptors (Lipinski definition) is 6. The fraction of sp³-hybridized carbons (Fsp3) is 0.357. The van der Waals surface area contributed by atoms with E-state index in [0.29, 0.717) is 5.75 Å². The van der Waals surface area contributed by atoms with Gasteiger partial charge in [-0.3, -0.25) is 4.79 Å². The van der Waals surface area contributed by atoms with E-state index in [4.69, 9.17) is 0 Å². The van der Waals surface area contributed by atoms with Gasteiger partial charge >= 0.3 is 0 Å². The Balaban J connectivity index is 1.93. The summed E-state index contributed by atoms with van der Waals surface area (Å²) in [6.45, 7) is 2.10. The summed E-state index contributed by atoms with van der Waals surface area (Å²) in [4.78, 5) is 14.0. The predicted molar refractivity (Wildman–Crippen MR) is 85.1 cm³/mol. The van der Waals surface area contributed by atoms with Gasteiger partial charge in [0.05, 0.1) is 5.75 Å². The SMILES string of the molecule is CCc1ccc(C(=O)CSc2nnc(N(C)C)s2)cc1. The van der Waals surface area contributed by atoms with E-state index in [1.165, 1.54) is 28.7 Å². The minimum Gasteiger partial charge on any atom is -0.353 e. The van der Waals surface area contributed by atoms with Crippen molar-refractivity contribution in [3.8, 4) is 0 Å². The Labute approximate surface area is 127 Å². The van der Waals surface area contributed by atoms with Gasteiger partial charge in [0.15, 0.2) is 10.1 Å². The van der Waals surface area contributed by atoms with Gasteiger partial charge in [0.2, 0.25) is 5.13 Å². The van der Waals surface area contributed by atoms with Crippen LogP contribution in [0.15, 0.2) is 28.6 Å². The maximum Gasteiger partial charge on any atom is 0.208 e. The van der Waals surface area contributed by atoms with Gasteiger partial charge in [-0.2, -0.15) is 0 Å². The van der Waals surface area contributed by atoms with E-state index in [1.807, 2.05) is 43.3 Å². The average molecular weight is 307 g/mol. The monoisotopic (exact) mass is 307 g/mol. The third-order valence-electron chi connectivity index (χ3n) is 2.79. The minimum atomic E-state index is 0.124. The van der Waals surface area contributed by atoms with Gasteiger partial charge in [0, 0.05) is 19.7 Å². The molecule has 0 saturated heterocycles. The van der Waals surface area contributed by atoms with Crippen LogP contribution < -0.4 is 4.90 Å². The molecular weight excluding hydrogens is 290 g/mol. The van der Waals surface area contributed by atoms with Gasteiger partial charge in [-0.15, -0.1) is 10.2 Å². The Kier molecular flexibility index (Phi) is 5.14. The number of carbonyl (C=O) groups is 1. The fourth-order valence-electron chi connectivity index (χ4n) is 1.58. The predicted octanol–water partition coefficient (Wildman–Crippen LogP) is 3.14. The molecule has 20 heavy (non-hydrogen) atoms. The number of benzene rings is 1. The van der Waals surface area contributed by atoms with Gasteiger partial charge in [0.1, 0.15) is 0 Å². The third-order valence-corrected chi connectivity index (χ3v) is 5.01. The minimum absolute atomic E-state index is 0.124. The maximum absolute atomic E-state index is 12.1. The van der Waals surface area contributed by atoms with Crippen molar-refractivity contribution in [2.75, 3.05) is 24.7 Å². The first-order valence-electron chi connectivity index (χ1n) is 6.36. The van der Waals surface area contributed by atoms with Crippen LogP contribution in [0.5, 0.6) is 0 Å². The number of carbonyl (C=O) groups excluding carboxylic acids is 1. The first-order chi connectivity index (χ1) is 9.60. The Morgan fingerprint density at radius 1 is 1.25 bits per heavy atom. The van der Waals surface area contributed by atoms with Crippen molar-refractivity contribution in [1.29, 1.82) is 0 Å². The molecule has 0 spiro atoms. The number of anilines is 1. The number of thioether (sulfide) groups is 1. The number of ketones is 1. The summed E-state index contributed by atoms with van der Waals surface area (Å²) in [6, 6.07) is 7.81. The van der Waals surface area contributed by atoms with E-state index in [1.54, 1.807) is 0 Å². The molecule has 0 saturated carbocycles. The van der Waals surface area contributed by atoms with Crippen LogP contribution >= 0.6 is 23.1 Å². The zero-order valence-corrected chi connectivity index (χ0v) is 13.4. The molecule has 0 bridgehead atoms. The highest BCUT2D eigenvalue weighted by Gasteiger charge is 2.10. The largest absolute Gasteiger partial charge is 0.353 e. The molecule has 106 valence electrons. The lowest BCUT2D eigenvalue weighted by atomic mass is 10.1. The molecule has 0 aliphatic heterocycles. The van der Waals surface area contributed by atoms with Crippen LogP contribution in [0.2, 0.25) is 0 Å². The number of aromatic nitrogens is 2. The molecule has 2 aromatic rings. The topological polar surface area (TPSA) is 46.1 Å². The molecule has 6 heteroatoms. The molecule has 0 amide bonds. The maximum atomic E-state index is 12.1. The van der Waals surface area contributed by atoms with Gasteiger partial charge < -0.3 is 4.90 Å². The van der Waals surface area contributed by atoms with Crippen molar-refractivity contribution in [3.63, 3.8) is 0 Å². The molecule has 0 unspecified atom stereocenters. The van der Waals surface area contributed by atoms with Crippen LogP contribution in [0.1, 0.15) is 22.8 Å². The van der Waals surface area contributed by atoms with Crippen molar-refractivity contribution in [2.24, 2.45) is 0 Å². The number of rotatable bonds is 6.